The van der Waals surface area contributed by atoms with E-state index in [9.17, 15) is 4.79 Å². The van der Waals surface area contributed by atoms with Crippen molar-refractivity contribution in [1.29, 1.82) is 0 Å². The molecule has 0 aliphatic carbocycles. The van der Waals surface area contributed by atoms with Crippen LogP contribution in [0.1, 0.15) is 41.5 Å². The Morgan fingerprint density at radius 1 is 1.21 bits per heavy atom. The molecule has 5 rings (SSSR count). The number of hydrogen-bond acceptors (Lipinski definition) is 5. The van der Waals surface area contributed by atoms with Gasteiger partial charge in [0.05, 0.1) is 47.3 Å². The average molecular weight is 532 g/mol. The SMILES string of the molecule is Br.COc1ccc(-n2nccn2)c(C(=O)N2CCC[C@@]2(C)c2nc3c(C)c(Cl)ccc3[nH]2)c1. The zero-order valence-electron chi connectivity index (χ0n) is 18.5. The van der Waals surface area contributed by atoms with Gasteiger partial charge in [0.25, 0.3) is 5.91 Å². The van der Waals surface area contributed by atoms with E-state index in [1.54, 1.807) is 37.7 Å². The second-order valence-corrected chi connectivity index (χ2v) is 8.60. The highest BCUT2D eigenvalue weighted by atomic mass is 79.9. The van der Waals surface area contributed by atoms with Crippen molar-refractivity contribution < 1.29 is 9.53 Å². The molecule has 8 nitrogen and oxygen atoms in total. The van der Waals surface area contributed by atoms with Gasteiger partial charge >= 0.3 is 0 Å². The molecule has 3 heterocycles. The lowest BCUT2D eigenvalue weighted by Crippen LogP contribution is -2.44. The summed E-state index contributed by atoms with van der Waals surface area (Å²) in [4.78, 5) is 25.5. The van der Waals surface area contributed by atoms with Gasteiger partial charge in [-0.25, -0.2) is 4.98 Å². The fraction of sp³-hybridized carbons (Fsp3) is 0.304. The maximum atomic E-state index is 13.9. The van der Waals surface area contributed by atoms with Crippen LogP contribution in [0.5, 0.6) is 5.75 Å². The predicted octanol–water partition coefficient (Wildman–Crippen LogP) is 4.84. The molecule has 0 saturated carbocycles. The number of imidazole rings is 1. The molecule has 0 bridgehead atoms. The van der Waals surface area contributed by atoms with Crippen molar-refractivity contribution in [3.8, 4) is 11.4 Å². The van der Waals surface area contributed by atoms with Crippen LogP contribution in [0, 0.1) is 6.92 Å². The third-order valence-corrected chi connectivity index (χ3v) is 6.72. The van der Waals surface area contributed by atoms with E-state index in [1.165, 1.54) is 4.80 Å². The van der Waals surface area contributed by atoms with Crippen LogP contribution in [-0.4, -0.2) is 49.4 Å². The van der Waals surface area contributed by atoms with Crippen molar-refractivity contribution in [2.75, 3.05) is 13.7 Å². The number of carbonyl (C=O) groups is 1. The first-order valence-electron chi connectivity index (χ1n) is 10.4. The molecule has 1 saturated heterocycles. The van der Waals surface area contributed by atoms with Gasteiger partial charge in [0.2, 0.25) is 0 Å². The highest BCUT2D eigenvalue weighted by molar-refractivity contribution is 8.93. The Morgan fingerprint density at radius 3 is 2.70 bits per heavy atom. The number of hydrogen-bond donors (Lipinski definition) is 1. The molecule has 0 unspecified atom stereocenters. The Morgan fingerprint density at radius 2 is 1.97 bits per heavy atom. The number of likely N-dealkylation sites (tertiary alicyclic amines) is 1. The number of amides is 1. The van der Waals surface area contributed by atoms with Gasteiger partial charge in [0.15, 0.2) is 0 Å². The average Bonchev–Trinajstić information content (AvgIpc) is 3.55. The van der Waals surface area contributed by atoms with E-state index in [1.807, 2.05) is 24.0 Å². The van der Waals surface area contributed by atoms with Crippen LogP contribution in [-0.2, 0) is 5.54 Å². The molecule has 172 valence electrons. The molecule has 2 aromatic carbocycles. The van der Waals surface area contributed by atoms with Crippen molar-refractivity contribution in [2.45, 2.75) is 32.2 Å². The molecule has 1 N–H and O–H groups in total. The number of H-pyrrole nitrogens is 1. The van der Waals surface area contributed by atoms with E-state index in [0.717, 1.165) is 35.3 Å². The van der Waals surface area contributed by atoms with Gasteiger partial charge in [0, 0.05) is 11.6 Å². The quantitative estimate of drug-likeness (QED) is 0.407. The number of rotatable bonds is 4. The number of carbonyl (C=O) groups excluding carboxylic acids is 1. The van der Waals surface area contributed by atoms with Crippen LogP contribution in [0.4, 0.5) is 0 Å². The van der Waals surface area contributed by atoms with E-state index in [4.69, 9.17) is 21.3 Å². The summed E-state index contributed by atoms with van der Waals surface area (Å²) in [6.07, 6.45) is 4.84. The molecule has 4 aromatic rings. The standard InChI is InChI=1S/C23H23ClN6O2.BrH/c1-14-17(24)6-7-18-20(14)28-22(27-18)23(2)9-4-12-29(23)21(31)16-13-15(32-3)5-8-19(16)30-25-10-11-26-30;/h5-8,10-11,13H,4,9,12H2,1-3H3,(H,27,28);1H/t23-;/m0./s1. The number of ether oxygens (including phenoxy) is 1. The van der Waals surface area contributed by atoms with E-state index >= 15 is 0 Å². The van der Waals surface area contributed by atoms with Crippen molar-refractivity contribution in [2.24, 2.45) is 0 Å². The minimum Gasteiger partial charge on any atom is -0.497 e. The normalized spacial score (nSPS) is 17.9. The second-order valence-electron chi connectivity index (χ2n) is 8.19. The first kappa shape index (κ1) is 23.3. The van der Waals surface area contributed by atoms with Crippen molar-refractivity contribution >= 4 is 45.5 Å². The van der Waals surface area contributed by atoms with Gasteiger partial charge in [-0.3, -0.25) is 4.79 Å². The molecule has 1 atom stereocenters. The summed E-state index contributed by atoms with van der Waals surface area (Å²) in [6, 6.07) is 9.12. The Hall–Kier alpha value is -2.91. The smallest absolute Gasteiger partial charge is 0.257 e. The van der Waals surface area contributed by atoms with Crippen molar-refractivity contribution in [1.82, 2.24) is 29.9 Å². The maximum absolute atomic E-state index is 13.9. The number of aryl methyl sites for hydroxylation is 1. The van der Waals surface area contributed by atoms with Crippen LogP contribution in [0.3, 0.4) is 0 Å². The van der Waals surface area contributed by atoms with E-state index in [2.05, 4.69) is 22.1 Å². The number of nitrogens with zero attached hydrogens (tertiary/aromatic N) is 5. The summed E-state index contributed by atoms with van der Waals surface area (Å²) in [7, 11) is 1.58. The van der Waals surface area contributed by atoms with Gasteiger partial charge in [-0.15, -0.1) is 17.0 Å². The van der Waals surface area contributed by atoms with Crippen molar-refractivity contribution in [3.05, 3.63) is 64.7 Å². The number of halogens is 2. The highest BCUT2D eigenvalue weighted by Crippen LogP contribution is 2.40. The first-order valence-corrected chi connectivity index (χ1v) is 10.8. The summed E-state index contributed by atoms with van der Waals surface area (Å²) >= 11 is 6.30. The van der Waals surface area contributed by atoms with Gasteiger partial charge < -0.3 is 14.6 Å². The Kier molecular flexibility index (Phi) is 6.20. The van der Waals surface area contributed by atoms with Gasteiger partial charge in [-0.2, -0.15) is 15.0 Å². The molecule has 1 amide bonds. The number of benzene rings is 2. The fourth-order valence-corrected chi connectivity index (χ4v) is 4.60. The zero-order valence-corrected chi connectivity index (χ0v) is 21.0. The lowest BCUT2D eigenvalue weighted by Gasteiger charge is -2.34. The number of nitrogens with one attached hydrogen (secondary N) is 1. The van der Waals surface area contributed by atoms with E-state index in [0.29, 0.717) is 28.6 Å². The van der Waals surface area contributed by atoms with Gasteiger partial charge in [-0.1, -0.05) is 11.6 Å². The fourth-order valence-electron chi connectivity index (χ4n) is 4.45. The molecule has 1 fully saturated rings. The molecule has 2 aromatic heterocycles. The molecule has 1 aliphatic rings. The first-order chi connectivity index (χ1) is 15.4. The lowest BCUT2D eigenvalue weighted by molar-refractivity contribution is 0.0605. The molecule has 10 heteroatoms. The largest absolute Gasteiger partial charge is 0.497 e. The maximum Gasteiger partial charge on any atom is 0.257 e. The van der Waals surface area contributed by atoms with Crippen LogP contribution < -0.4 is 4.74 Å². The third kappa shape index (κ3) is 3.79. The molecule has 0 spiro atoms. The van der Waals surface area contributed by atoms with E-state index < -0.39 is 5.54 Å². The van der Waals surface area contributed by atoms with E-state index in [-0.39, 0.29) is 22.9 Å². The van der Waals surface area contributed by atoms with Crippen molar-refractivity contribution in [3.63, 3.8) is 0 Å². The summed E-state index contributed by atoms with van der Waals surface area (Å²) in [5.74, 6) is 1.23. The predicted molar refractivity (Wildman–Crippen MR) is 132 cm³/mol. The minimum atomic E-state index is -0.590. The Labute approximate surface area is 206 Å². The molecule has 0 radical (unpaired) electrons. The van der Waals surface area contributed by atoms with Crippen LogP contribution in [0.25, 0.3) is 16.7 Å². The molecule has 1 aliphatic heterocycles. The second kappa shape index (κ2) is 8.79. The molecular weight excluding hydrogens is 508 g/mol. The van der Waals surface area contributed by atoms with Gasteiger partial charge in [-0.05, 0) is 62.6 Å². The van der Waals surface area contributed by atoms with Crippen LogP contribution in [0.15, 0.2) is 42.7 Å². The highest BCUT2D eigenvalue weighted by Gasteiger charge is 2.44. The monoisotopic (exact) mass is 530 g/mol. The summed E-state index contributed by atoms with van der Waals surface area (Å²) < 4.78 is 5.39. The van der Waals surface area contributed by atoms with Crippen LogP contribution in [0.2, 0.25) is 5.02 Å². The summed E-state index contributed by atoms with van der Waals surface area (Å²) in [6.45, 7) is 4.63. The number of fused-ring (bicyclic) bond motifs is 1. The zero-order chi connectivity index (χ0) is 22.5. The summed E-state index contributed by atoms with van der Waals surface area (Å²) in [5, 5.41) is 9.11. The summed E-state index contributed by atoms with van der Waals surface area (Å²) in [5.41, 5.74) is 3.14. The number of aromatic nitrogens is 5. The minimum absolute atomic E-state index is 0. The Balaban J connectivity index is 0.00000259. The number of aromatic amines is 1. The van der Waals surface area contributed by atoms with Gasteiger partial charge in [0.1, 0.15) is 11.6 Å². The Bertz CT molecular complexity index is 1320. The molecular formula is C23H24BrClN6O2. The van der Waals surface area contributed by atoms with Crippen LogP contribution >= 0.6 is 28.6 Å². The lowest BCUT2D eigenvalue weighted by atomic mass is 9.97. The number of methoxy groups -OCH3 is 1. The third-order valence-electron chi connectivity index (χ3n) is 6.31. The topological polar surface area (TPSA) is 88.9 Å². The molecule has 33 heavy (non-hydrogen) atoms.